The van der Waals surface area contributed by atoms with Crippen LogP contribution >= 0.6 is 11.6 Å². The lowest BCUT2D eigenvalue weighted by molar-refractivity contribution is -0.137. The lowest BCUT2D eigenvalue weighted by Crippen LogP contribution is -2.15. The number of hydrogen-bond acceptors (Lipinski definition) is 2. The van der Waals surface area contributed by atoms with E-state index in [0.29, 0.717) is 5.69 Å². The van der Waals surface area contributed by atoms with Gasteiger partial charge in [0.15, 0.2) is 0 Å². The zero-order valence-electron chi connectivity index (χ0n) is 15.5. The Morgan fingerprint density at radius 2 is 1.53 bits per heavy atom. The third-order valence-electron chi connectivity index (χ3n) is 4.18. The standard InChI is InChI=1S/C22H16ClF3N2O2/c23-18-11-8-16(22(24,25)26)13-19(18)28-21(30)15-6-9-17(10-7-15)27-20(29)12-14-4-2-1-3-5-14/h1-11,13H,12H2,(H,27,29)(H,28,30). The highest BCUT2D eigenvalue weighted by atomic mass is 35.5. The van der Waals surface area contributed by atoms with Crippen LogP contribution in [0.4, 0.5) is 24.5 Å². The third kappa shape index (κ3) is 5.61. The molecular weight excluding hydrogens is 417 g/mol. The van der Waals surface area contributed by atoms with E-state index in [1.54, 1.807) is 0 Å². The van der Waals surface area contributed by atoms with Gasteiger partial charge in [-0.3, -0.25) is 9.59 Å². The largest absolute Gasteiger partial charge is 0.416 e. The molecule has 0 aliphatic heterocycles. The molecule has 2 N–H and O–H groups in total. The van der Waals surface area contributed by atoms with Crippen LogP contribution < -0.4 is 10.6 Å². The van der Waals surface area contributed by atoms with Gasteiger partial charge < -0.3 is 10.6 Å². The van der Waals surface area contributed by atoms with E-state index in [1.165, 1.54) is 24.3 Å². The second-order valence-corrected chi connectivity index (χ2v) is 6.84. The van der Waals surface area contributed by atoms with Crippen molar-refractivity contribution in [3.63, 3.8) is 0 Å². The minimum atomic E-state index is -4.55. The molecule has 3 aromatic carbocycles. The summed E-state index contributed by atoms with van der Waals surface area (Å²) in [6, 6.07) is 17.9. The van der Waals surface area contributed by atoms with E-state index < -0.39 is 17.6 Å². The lowest BCUT2D eigenvalue weighted by atomic mass is 10.1. The number of carbonyl (C=O) groups is 2. The van der Waals surface area contributed by atoms with Crippen molar-refractivity contribution in [1.29, 1.82) is 0 Å². The number of amides is 2. The maximum atomic E-state index is 12.9. The molecule has 2 amide bonds. The SMILES string of the molecule is O=C(Cc1ccccc1)Nc1ccc(C(=O)Nc2cc(C(F)(F)F)ccc2Cl)cc1. The van der Waals surface area contributed by atoms with Crippen molar-refractivity contribution in [2.45, 2.75) is 12.6 Å². The quantitative estimate of drug-likeness (QED) is 0.536. The Labute approximate surface area is 175 Å². The van der Waals surface area contributed by atoms with E-state index in [2.05, 4.69) is 10.6 Å². The molecule has 0 saturated heterocycles. The average molecular weight is 433 g/mol. The number of nitrogens with one attached hydrogen (secondary N) is 2. The number of alkyl halides is 3. The van der Waals surface area contributed by atoms with Crippen molar-refractivity contribution in [2.75, 3.05) is 10.6 Å². The fourth-order valence-electron chi connectivity index (χ4n) is 2.68. The molecule has 3 aromatic rings. The molecular formula is C22H16ClF3N2O2. The van der Waals surface area contributed by atoms with Crippen LogP contribution in [0.1, 0.15) is 21.5 Å². The topological polar surface area (TPSA) is 58.2 Å². The molecule has 4 nitrogen and oxygen atoms in total. The van der Waals surface area contributed by atoms with Gasteiger partial charge in [-0.05, 0) is 48.0 Å². The highest BCUT2D eigenvalue weighted by Crippen LogP contribution is 2.34. The third-order valence-corrected chi connectivity index (χ3v) is 4.51. The van der Waals surface area contributed by atoms with E-state index >= 15 is 0 Å². The summed E-state index contributed by atoms with van der Waals surface area (Å²) in [7, 11) is 0. The number of hydrogen-bond donors (Lipinski definition) is 2. The van der Waals surface area contributed by atoms with Gasteiger partial charge in [0.1, 0.15) is 0 Å². The first-order chi connectivity index (χ1) is 14.2. The Bertz CT molecular complexity index is 1050. The van der Waals surface area contributed by atoms with Gasteiger partial charge in [-0.25, -0.2) is 0 Å². The monoisotopic (exact) mass is 432 g/mol. The van der Waals surface area contributed by atoms with Gasteiger partial charge in [-0.15, -0.1) is 0 Å². The highest BCUT2D eigenvalue weighted by molar-refractivity contribution is 6.34. The lowest BCUT2D eigenvalue weighted by Gasteiger charge is -2.12. The fourth-order valence-corrected chi connectivity index (χ4v) is 2.85. The van der Waals surface area contributed by atoms with Gasteiger partial charge in [0.25, 0.3) is 5.91 Å². The molecule has 0 aliphatic carbocycles. The van der Waals surface area contributed by atoms with Gasteiger partial charge in [0.2, 0.25) is 5.91 Å². The summed E-state index contributed by atoms with van der Waals surface area (Å²) in [4.78, 5) is 24.5. The number of carbonyl (C=O) groups excluding carboxylic acids is 2. The maximum Gasteiger partial charge on any atom is 0.416 e. The van der Waals surface area contributed by atoms with Crippen molar-refractivity contribution in [1.82, 2.24) is 0 Å². The number of halogens is 4. The van der Waals surface area contributed by atoms with E-state index in [0.717, 1.165) is 23.8 Å². The zero-order valence-corrected chi connectivity index (χ0v) is 16.2. The van der Waals surface area contributed by atoms with E-state index in [4.69, 9.17) is 11.6 Å². The second-order valence-electron chi connectivity index (χ2n) is 6.43. The molecule has 0 fully saturated rings. The van der Waals surface area contributed by atoms with Crippen LogP contribution in [0.2, 0.25) is 5.02 Å². The molecule has 0 atom stereocenters. The molecule has 30 heavy (non-hydrogen) atoms. The van der Waals surface area contributed by atoms with Crippen LogP contribution in [-0.2, 0) is 17.4 Å². The van der Waals surface area contributed by atoms with Gasteiger partial charge in [-0.1, -0.05) is 41.9 Å². The summed E-state index contributed by atoms with van der Waals surface area (Å²) in [5, 5.41) is 5.08. The molecule has 0 radical (unpaired) electrons. The maximum absolute atomic E-state index is 12.9. The van der Waals surface area contributed by atoms with Crippen molar-refractivity contribution in [3.05, 3.63) is 94.5 Å². The summed E-state index contributed by atoms with van der Waals surface area (Å²) in [5.41, 5.74) is 0.494. The summed E-state index contributed by atoms with van der Waals surface area (Å²) < 4.78 is 38.6. The fraction of sp³-hybridized carbons (Fsp3) is 0.0909. The first-order valence-electron chi connectivity index (χ1n) is 8.84. The van der Waals surface area contributed by atoms with Gasteiger partial charge in [0, 0.05) is 11.3 Å². The molecule has 0 aromatic heterocycles. The molecule has 0 heterocycles. The normalized spacial score (nSPS) is 11.1. The van der Waals surface area contributed by atoms with E-state index in [9.17, 15) is 22.8 Å². The van der Waals surface area contributed by atoms with Crippen LogP contribution in [0.5, 0.6) is 0 Å². The molecule has 3 rings (SSSR count). The van der Waals surface area contributed by atoms with Gasteiger partial charge in [-0.2, -0.15) is 13.2 Å². The molecule has 8 heteroatoms. The molecule has 0 spiro atoms. The molecule has 0 saturated carbocycles. The highest BCUT2D eigenvalue weighted by Gasteiger charge is 2.31. The molecule has 0 bridgehead atoms. The van der Waals surface area contributed by atoms with Crippen LogP contribution in [-0.4, -0.2) is 11.8 Å². The van der Waals surface area contributed by atoms with Crippen molar-refractivity contribution >= 4 is 34.8 Å². The summed E-state index contributed by atoms with van der Waals surface area (Å²) in [5.74, 6) is -0.840. The molecule has 154 valence electrons. The number of rotatable bonds is 5. The molecule has 0 unspecified atom stereocenters. The second kappa shape index (κ2) is 9.00. The number of anilines is 2. The Kier molecular flexibility index (Phi) is 6.42. The smallest absolute Gasteiger partial charge is 0.326 e. The van der Waals surface area contributed by atoms with E-state index in [1.807, 2.05) is 30.3 Å². The van der Waals surface area contributed by atoms with Crippen LogP contribution in [0.25, 0.3) is 0 Å². The van der Waals surface area contributed by atoms with E-state index in [-0.39, 0.29) is 28.6 Å². The predicted octanol–water partition coefficient (Wildman–Crippen LogP) is 5.79. The van der Waals surface area contributed by atoms with Crippen LogP contribution in [0.15, 0.2) is 72.8 Å². The Morgan fingerprint density at radius 3 is 2.17 bits per heavy atom. The average Bonchev–Trinajstić information content (AvgIpc) is 2.70. The summed E-state index contributed by atoms with van der Waals surface area (Å²) in [6.45, 7) is 0. The number of benzene rings is 3. The molecule has 0 aliphatic rings. The van der Waals surface area contributed by atoms with Crippen molar-refractivity contribution < 1.29 is 22.8 Å². The first kappa shape index (κ1) is 21.4. The van der Waals surface area contributed by atoms with Crippen LogP contribution in [0.3, 0.4) is 0 Å². The Balaban J connectivity index is 1.65. The van der Waals surface area contributed by atoms with Gasteiger partial charge >= 0.3 is 6.18 Å². The zero-order chi connectivity index (χ0) is 21.7. The van der Waals surface area contributed by atoms with Crippen molar-refractivity contribution in [3.8, 4) is 0 Å². The van der Waals surface area contributed by atoms with Crippen LogP contribution in [0, 0.1) is 0 Å². The minimum absolute atomic E-state index is 0.0128. The minimum Gasteiger partial charge on any atom is -0.326 e. The Hall–Kier alpha value is -3.32. The summed E-state index contributed by atoms with van der Waals surface area (Å²) >= 11 is 5.90. The Morgan fingerprint density at radius 1 is 0.867 bits per heavy atom. The predicted molar refractivity (Wildman–Crippen MR) is 110 cm³/mol. The van der Waals surface area contributed by atoms with Crippen molar-refractivity contribution in [2.24, 2.45) is 0 Å². The van der Waals surface area contributed by atoms with Gasteiger partial charge in [0.05, 0.1) is 22.7 Å². The first-order valence-corrected chi connectivity index (χ1v) is 9.22. The summed E-state index contributed by atoms with van der Waals surface area (Å²) in [6.07, 6.45) is -4.35.